The normalized spacial score (nSPS) is 23.0. The minimum atomic E-state index is -3.32. The van der Waals surface area contributed by atoms with Crippen molar-refractivity contribution in [3.63, 3.8) is 0 Å². The number of halogens is 1. The fourth-order valence-corrected chi connectivity index (χ4v) is 4.48. The Morgan fingerprint density at radius 2 is 2.00 bits per heavy atom. The Balaban J connectivity index is 1.64. The van der Waals surface area contributed by atoms with Crippen molar-refractivity contribution in [2.75, 3.05) is 12.3 Å². The molecule has 10 heteroatoms. The van der Waals surface area contributed by atoms with Gasteiger partial charge in [-0.1, -0.05) is 12.1 Å². The molecule has 0 aliphatic carbocycles. The third-order valence-electron chi connectivity index (χ3n) is 3.62. The Hall–Kier alpha value is -2.46. The number of sulfone groups is 1. The summed E-state index contributed by atoms with van der Waals surface area (Å²) in [6.07, 6.45) is 2.78. The van der Waals surface area contributed by atoms with Crippen LogP contribution in [-0.2, 0) is 19.4 Å². The summed E-state index contributed by atoms with van der Waals surface area (Å²) in [7, 11) is -3.32. The third-order valence-corrected chi connectivity index (χ3v) is 5.92. The second-order valence-corrected chi connectivity index (χ2v) is 8.58. The van der Waals surface area contributed by atoms with Gasteiger partial charge in [0.05, 0.1) is 16.7 Å². The van der Waals surface area contributed by atoms with Gasteiger partial charge in [-0.2, -0.15) is 0 Å². The average Bonchev–Trinajstić information content (AvgIpc) is 3.03. The predicted octanol–water partition coefficient (Wildman–Crippen LogP) is 1.29. The smallest absolute Gasteiger partial charge is 0.294 e. The van der Waals surface area contributed by atoms with Crippen LogP contribution >= 0.6 is 11.8 Å². The van der Waals surface area contributed by atoms with Crippen molar-refractivity contribution in [1.29, 1.82) is 0 Å². The van der Waals surface area contributed by atoms with Crippen LogP contribution in [0.3, 0.4) is 0 Å². The molecule has 1 atom stereocenters. The molecular weight excluding hydrogens is 383 g/mol. The lowest BCUT2D eigenvalue weighted by Gasteiger charge is -2.14. The van der Waals surface area contributed by atoms with Crippen LogP contribution < -0.4 is 5.32 Å². The van der Waals surface area contributed by atoms with E-state index in [2.05, 4.69) is 5.32 Å². The lowest BCUT2D eigenvalue weighted by atomic mass is 10.2. The SMILES string of the molecule is O=C(CN1C(=O)S/C(=C/c2ccc(F)cc2)C1=O)N[C@H]1C=CS(=O)(=O)C1. The van der Waals surface area contributed by atoms with Crippen LogP contribution in [0.2, 0.25) is 0 Å². The molecule has 0 bridgehead atoms. The van der Waals surface area contributed by atoms with E-state index in [1.807, 2.05) is 0 Å². The molecular formula is C16H13FN2O5S2. The standard InChI is InChI=1S/C16H13FN2O5S2/c17-11-3-1-10(2-4-11)7-13-15(21)19(16(22)25-13)8-14(20)18-12-5-6-26(23,24)9-12/h1-7,12H,8-9H2,(H,18,20)/b13-7+/t12-/m0/s1. The van der Waals surface area contributed by atoms with Crippen LogP contribution in [0.15, 0.2) is 40.7 Å². The second-order valence-electron chi connectivity index (χ2n) is 5.65. The van der Waals surface area contributed by atoms with Gasteiger partial charge in [-0.15, -0.1) is 0 Å². The maximum atomic E-state index is 12.9. The molecule has 0 spiro atoms. The fraction of sp³-hybridized carbons (Fsp3) is 0.188. The van der Waals surface area contributed by atoms with Crippen molar-refractivity contribution in [2.24, 2.45) is 0 Å². The largest absolute Gasteiger partial charge is 0.347 e. The molecule has 7 nitrogen and oxygen atoms in total. The van der Waals surface area contributed by atoms with Gasteiger partial charge in [-0.3, -0.25) is 19.3 Å². The minimum Gasteiger partial charge on any atom is -0.347 e. The van der Waals surface area contributed by atoms with E-state index in [1.54, 1.807) is 0 Å². The molecule has 3 rings (SSSR count). The molecule has 1 N–H and O–H groups in total. The lowest BCUT2D eigenvalue weighted by molar-refractivity contribution is -0.129. The first-order valence-electron chi connectivity index (χ1n) is 7.45. The molecule has 2 heterocycles. The Kier molecular flexibility index (Phi) is 4.97. The van der Waals surface area contributed by atoms with Crippen molar-refractivity contribution in [3.05, 3.63) is 52.0 Å². The molecule has 2 aliphatic heterocycles. The van der Waals surface area contributed by atoms with Crippen LogP contribution in [0.25, 0.3) is 6.08 Å². The van der Waals surface area contributed by atoms with Gasteiger partial charge in [0, 0.05) is 5.41 Å². The quantitative estimate of drug-likeness (QED) is 0.770. The Morgan fingerprint density at radius 3 is 2.62 bits per heavy atom. The third kappa shape index (κ3) is 4.20. The van der Waals surface area contributed by atoms with Crippen molar-refractivity contribution >= 4 is 44.7 Å². The van der Waals surface area contributed by atoms with E-state index in [-0.39, 0.29) is 10.7 Å². The Labute approximate surface area is 152 Å². The summed E-state index contributed by atoms with van der Waals surface area (Å²) in [4.78, 5) is 37.2. The van der Waals surface area contributed by atoms with Crippen molar-refractivity contribution in [2.45, 2.75) is 6.04 Å². The van der Waals surface area contributed by atoms with Crippen LogP contribution in [-0.4, -0.2) is 48.7 Å². The van der Waals surface area contributed by atoms with Gasteiger partial charge in [-0.05, 0) is 41.6 Å². The highest BCUT2D eigenvalue weighted by molar-refractivity contribution is 8.18. The minimum absolute atomic E-state index is 0.123. The van der Waals surface area contributed by atoms with Crippen LogP contribution in [0, 0.1) is 5.82 Å². The zero-order valence-electron chi connectivity index (χ0n) is 13.2. The second kappa shape index (κ2) is 7.04. The first-order chi connectivity index (χ1) is 12.2. The van der Waals surface area contributed by atoms with E-state index in [0.29, 0.717) is 17.3 Å². The summed E-state index contributed by atoms with van der Waals surface area (Å²) >= 11 is 0.680. The molecule has 0 saturated carbocycles. The highest BCUT2D eigenvalue weighted by atomic mass is 32.2. The molecule has 1 saturated heterocycles. The number of nitrogens with one attached hydrogen (secondary N) is 1. The number of hydrogen-bond acceptors (Lipinski definition) is 6. The van der Waals surface area contributed by atoms with Gasteiger partial charge in [0.2, 0.25) is 5.91 Å². The highest BCUT2D eigenvalue weighted by Gasteiger charge is 2.36. The summed E-state index contributed by atoms with van der Waals surface area (Å²) in [5.41, 5.74) is 0.544. The number of hydrogen-bond donors (Lipinski definition) is 1. The number of benzene rings is 1. The molecule has 2 aliphatic rings. The van der Waals surface area contributed by atoms with E-state index < -0.39 is 45.3 Å². The van der Waals surface area contributed by atoms with E-state index in [1.165, 1.54) is 36.4 Å². The van der Waals surface area contributed by atoms with E-state index >= 15 is 0 Å². The zero-order valence-corrected chi connectivity index (χ0v) is 14.8. The monoisotopic (exact) mass is 396 g/mol. The number of amides is 3. The van der Waals surface area contributed by atoms with Gasteiger partial charge in [0.1, 0.15) is 12.4 Å². The Bertz CT molecular complexity index is 938. The predicted molar refractivity (Wildman–Crippen MR) is 93.9 cm³/mol. The van der Waals surface area contributed by atoms with E-state index in [9.17, 15) is 27.2 Å². The van der Waals surface area contributed by atoms with Gasteiger partial charge in [0.25, 0.3) is 11.1 Å². The number of carbonyl (C=O) groups is 3. The molecule has 0 aromatic heterocycles. The van der Waals surface area contributed by atoms with Gasteiger partial charge >= 0.3 is 0 Å². The van der Waals surface area contributed by atoms with Crippen molar-refractivity contribution in [3.8, 4) is 0 Å². The van der Waals surface area contributed by atoms with E-state index in [4.69, 9.17) is 0 Å². The molecule has 26 heavy (non-hydrogen) atoms. The number of nitrogens with zero attached hydrogens (tertiary/aromatic N) is 1. The molecule has 3 amide bonds. The Morgan fingerprint density at radius 1 is 1.31 bits per heavy atom. The first kappa shape index (κ1) is 18.3. The van der Waals surface area contributed by atoms with Gasteiger partial charge in [-0.25, -0.2) is 12.8 Å². The molecule has 1 fully saturated rings. The summed E-state index contributed by atoms with van der Waals surface area (Å²) in [6.45, 7) is -0.504. The fourth-order valence-electron chi connectivity index (χ4n) is 2.41. The number of rotatable bonds is 4. The topological polar surface area (TPSA) is 101 Å². The van der Waals surface area contributed by atoms with Crippen molar-refractivity contribution in [1.82, 2.24) is 10.2 Å². The number of imide groups is 1. The summed E-state index contributed by atoms with van der Waals surface area (Å²) in [5, 5.41) is 2.87. The zero-order chi connectivity index (χ0) is 18.9. The van der Waals surface area contributed by atoms with Crippen molar-refractivity contribution < 1.29 is 27.2 Å². The first-order valence-corrected chi connectivity index (χ1v) is 9.98. The molecule has 0 radical (unpaired) electrons. The molecule has 1 aromatic rings. The van der Waals surface area contributed by atoms with Gasteiger partial charge in [0.15, 0.2) is 9.84 Å². The number of carbonyl (C=O) groups excluding carboxylic acids is 3. The molecule has 136 valence electrons. The van der Waals surface area contributed by atoms with Crippen LogP contribution in [0.5, 0.6) is 0 Å². The maximum Gasteiger partial charge on any atom is 0.294 e. The number of thioether (sulfide) groups is 1. The van der Waals surface area contributed by atoms with Crippen LogP contribution in [0.1, 0.15) is 5.56 Å². The summed E-state index contributed by atoms with van der Waals surface area (Å²) in [6, 6.07) is 4.70. The van der Waals surface area contributed by atoms with E-state index in [0.717, 1.165) is 10.3 Å². The lowest BCUT2D eigenvalue weighted by Crippen LogP contribution is -2.43. The van der Waals surface area contributed by atoms with Gasteiger partial charge < -0.3 is 5.32 Å². The average molecular weight is 396 g/mol. The summed E-state index contributed by atoms with van der Waals surface area (Å²) < 4.78 is 35.6. The molecule has 1 aromatic carbocycles. The molecule has 0 unspecified atom stereocenters. The van der Waals surface area contributed by atoms with Crippen LogP contribution in [0.4, 0.5) is 9.18 Å². The highest BCUT2D eigenvalue weighted by Crippen LogP contribution is 2.32. The summed E-state index contributed by atoms with van der Waals surface area (Å²) in [5.74, 6) is -1.93. The maximum absolute atomic E-state index is 12.9.